The lowest BCUT2D eigenvalue weighted by Gasteiger charge is -2.33. The first-order chi connectivity index (χ1) is 16.6. The Bertz CT molecular complexity index is 965. The number of methoxy groups -OCH3 is 2. The van der Waals surface area contributed by atoms with Gasteiger partial charge in [-0.3, -0.25) is 9.69 Å². The monoisotopic (exact) mass is 541 g/mol. The molecule has 2 N–H and O–H groups in total. The summed E-state index contributed by atoms with van der Waals surface area (Å²) in [6, 6.07) is 13.8. The minimum Gasteiger partial charge on any atom is -0.493 e. The molecule has 1 saturated heterocycles. The average Bonchev–Trinajstić information content (AvgIpc) is 2.83. The molecule has 36 heavy (non-hydrogen) atoms. The van der Waals surface area contributed by atoms with E-state index in [1.807, 2.05) is 42.5 Å². The molecule has 0 saturated carbocycles. The van der Waals surface area contributed by atoms with Crippen molar-refractivity contribution < 1.29 is 23.7 Å². The van der Waals surface area contributed by atoms with E-state index in [1.165, 1.54) is 0 Å². The molecule has 4 rings (SSSR count). The summed E-state index contributed by atoms with van der Waals surface area (Å²) < 4.78 is 23.3. The van der Waals surface area contributed by atoms with E-state index in [1.54, 1.807) is 14.2 Å². The van der Waals surface area contributed by atoms with Gasteiger partial charge in [-0.15, -0.1) is 24.8 Å². The molecular weight excluding hydrogens is 505 g/mol. The number of benzene rings is 2. The lowest BCUT2D eigenvalue weighted by atomic mass is 10.0. The van der Waals surface area contributed by atoms with Gasteiger partial charge >= 0.3 is 0 Å². The molecular formula is C26H37Cl2N3O5. The van der Waals surface area contributed by atoms with Gasteiger partial charge in [-0.05, 0) is 54.8 Å². The Balaban J connectivity index is 0.00000228. The number of hydrogen-bond donors (Lipinski definition) is 2. The highest BCUT2D eigenvalue weighted by Crippen LogP contribution is 2.33. The first-order valence-corrected chi connectivity index (χ1v) is 11.9. The van der Waals surface area contributed by atoms with E-state index in [2.05, 4.69) is 15.5 Å². The maximum Gasteiger partial charge on any atom is 0.234 e. The van der Waals surface area contributed by atoms with Crippen LogP contribution >= 0.6 is 24.8 Å². The Morgan fingerprint density at radius 3 is 2.75 bits per heavy atom. The maximum atomic E-state index is 13.0. The van der Waals surface area contributed by atoms with Crippen molar-refractivity contribution in [2.75, 3.05) is 47.0 Å². The first kappa shape index (κ1) is 30.2. The number of halogens is 2. The van der Waals surface area contributed by atoms with Crippen LogP contribution in [0.5, 0.6) is 17.2 Å². The fourth-order valence-electron chi connectivity index (χ4n) is 4.47. The SMILES string of the molecule is COCCCN1CC(=O)N[C@H]2CNCC[C@H]2OCc2cccc(c2)Oc2cc(ccc2OC)C1.Cl.Cl. The van der Waals surface area contributed by atoms with Gasteiger partial charge in [0.2, 0.25) is 5.91 Å². The maximum absolute atomic E-state index is 13.0. The summed E-state index contributed by atoms with van der Waals surface area (Å²) in [7, 11) is 3.33. The predicted molar refractivity (Wildman–Crippen MR) is 144 cm³/mol. The van der Waals surface area contributed by atoms with Crippen molar-refractivity contribution in [2.24, 2.45) is 0 Å². The van der Waals surface area contributed by atoms with Crippen molar-refractivity contribution in [1.82, 2.24) is 15.5 Å². The van der Waals surface area contributed by atoms with Crippen molar-refractivity contribution in [3.05, 3.63) is 53.6 Å². The van der Waals surface area contributed by atoms with Crippen LogP contribution in [0.4, 0.5) is 0 Å². The van der Waals surface area contributed by atoms with Crippen LogP contribution < -0.4 is 20.1 Å². The Labute approximate surface area is 225 Å². The molecule has 200 valence electrons. The van der Waals surface area contributed by atoms with E-state index in [-0.39, 0.29) is 42.9 Å². The molecule has 2 aromatic rings. The Morgan fingerprint density at radius 1 is 1.08 bits per heavy atom. The van der Waals surface area contributed by atoms with Crippen molar-refractivity contribution in [3.63, 3.8) is 0 Å². The summed E-state index contributed by atoms with van der Waals surface area (Å²) >= 11 is 0. The van der Waals surface area contributed by atoms with Crippen molar-refractivity contribution in [1.29, 1.82) is 0 Å². The fourth-order valence-corrected chi connectivity index (χ4v) is 4.47. The number of nitrogens with zero attached hydrogens (tertiary/aromatic N) is 1. The van der Waals surface area contributed by atoms with Crippen LogP contribution in [-0.4, -0.2) is 70.0 Å². The van der Waals surface area contributed by atoms with Crippen molar-refractivity contribution in [3.8, 4) is 17.2 Å². The molecule has 0 unspecified atom stereocenters. The van der Waals surface area contributed by atoms with E-state index in [0.717, 1.165) is 42.8 Å². The number of rotatable bonds is 5. The topological polar surface area (TPSA) is 81.3 Å². The summed E-state index contributed by atoms with van der Waals surface area (Å²) in [4.78, 5) is 15.2. The molecule has 0 aliphatic carbocycles. The molecule has 1 fully saturated rings. The molecule has 2 aliphatic heterocycles. The molecule has 8 nitrogen and oxygen atoms in total. The van der Waals surface area contributed by atoms with Crippen LogP contribution in [0.1, 0.15) is 24.0 Å². The van der Waals surface area contributed by atoms with Crippen LogP contribution in [0.3, 0.4) is 0 Å². The summed E-state index contributed by atoms with van der Waals surface area (Å²) in [5.74, 6) is 2.03. The van der Waals surface area contributed by atoms with Gasteiger partial charge in [-0.1, -0.05) is 18.2 Å². The highest BCUT2D eigenvalue weighted by molar-refractivity contribution is 5.85. The summed E-state index contributed by atoms with van der Waals surface area (Å²) in [6.45, 7) is 4.33. The number of hydrogen-bond acceptors (Lipinski definition) is 7. The lowest BCUT2D eigenvalue weighted by Crippen LogP contribution is -2.56. The van der Waals surface area contributed by atoms with Gasteiger partial charge in [-0.25, -0.2) is 0 Å². The third-order valence-electron chi connectivity index (χ3n) is 6.18. The van der Waals surface area contributed by atoms with Crippen LogP contribution in [0.25, 0.3) is 0 Å². The number of fused-ring (bicyclic) bond motifs is 5. The van der Waals surface area contributed by atoms with E-state index >= 15 is 0 Å². The zero-order valence-corrected chi connectivity index (χ0v) is 22.5. The minimum atomic E-state index is -0.0676. The van der Waals surface area contributed by atoms with Gasteiger partial charge in [0.05, 0.1) is 32.4 Å². The Morgan fingerprint density at radius 2 is 1.94 bits per heavy atom. The molecule has 2 heterocycles. The van der Waals surface area contributed by atoms with Gasteiger partial charge < -0.3 is 29.6 Å². The molecule has 0 aromatic heterocycles. The Kier molecular flexibility index (Phi) is 12.8. The number of ether oxygens (including phenoxy) is 4. The second kappa shape index (κ2) is 15.2. The summed E-state index contributed by atoms with van der Waals surface area (Å²) in [5, 5.41) is 6.58. The molecule has 0 spiro atoms. The summed E-state index contributed by atoms with van der Waals surface area (Å²) in [5.41, 5.74) is 2.07. The predicted octanol–water partition coefficient (Wildman–Crippen LogP) is 3.55. The third kappa shape index (κ3) is 8.50. The number of nitrogens with one attached hydrogen (secondary N) is 2. The molecule has 1 amide bonds. The van der Waals surface area contributed by atoms with Gasteiger partial charge in [0.1, 0.15) is 5.75 Å². The van der Waals surface area contributed by atoms with E-state index in [4.69, 9.17) is 18.9 Å². The number of amides is 1. The van der Waals surface area contributed by atoms with Gasteiger partial charge in [0.15, 0.2) is 11.5 Å². The fraction of sp³-hybridized carbons (Fsp3) is 0.500. The smallest absolute Gasteiger partial charge is 0.234 e. The van der Waals surface area contributed by atoms with Crippen molar-refractivity contribution in [2.45, 2.75) is 38.1 Å². The van der Waals surface area contributed by atoms with Crippen LogP contribution in [-0.2, 0) is 27.4 Å². The largest absolute Gasteiger partial charge is 0.493 e. The minimum absolute atomic E-state index is 0. The highest BCUT2D eigenvalue weighted by atomic mass is 35.5. The third-order valence-corrected chi connectivity index (χ3v) is 6.18. The van der Waals surface area contributed by atoms with Gasteiger partial charge in [0, 0.05) is 33.4 Å². The molecule has 10 heteroatoms. The quantitative estimate of drug-likeness (QED) is 0.560. The second-order valence-electron chi connectivity index (χ2n) is 8.81. The van der Waals surface area contributed by atoms with E-state index in [0.29, 0.717) is 44.3 Å². The molecule has 2 aromatic carbocycles. The first-order valence-electron chi connectivity index (χ1n) is 11.9. The van der Waals surface area contributed by atoms with Gasteiger partial charge in [-0.2, -0.15) is 0 Å². The van der Waals surface area contributed by atoms with Crippen LogP contribution in [0.2, 0.25) is 0 Å². The average molecular weight is 543 g/mol. The Hall–Kier alpha value is -2.07. The summed E-state index contributed by atoms with van der Waals surface area (Å²) in [6.07, 6.45) is 1.64. The van der Waals surface area contributed by atoms with Crippen LogP contribution in [0, 0.1) is 0 Å². The lowest BCUT2D eigenvalue weighted by molar-refractivity contribution is -0.125. The molecule has 2 atom stereocenters. The molecule has 4 bridgehead atoms. The number of carbonyl (C=O) groups is 1. The standard InChI is InChI=1S/C26H35N3O5.2ClH/c1-31-12-4-11-29-16-19-7-8-24(32-2)25(14-19)34-21-6-3-5-20(13-21)18-33-23-9-10-27-15-22(23)28-26(30)17-29;;/h3,5-8,13-14,22-23,27H,4,9-12,15-18H2,1-2H3,(H,28,30);2*1H/t22-,23+;;/m0../s1. The second-order valence-corrected chi connectivity index (χ2v) is 8.81. The van der Waals surface area contributed by atoms with Crippen LogP contribution in [0.15, 0.2) is 42.5 Å². The normalized spacial score (nSPS) is 20.6. The van der Waals surface area contributed by atoms with Crippen molar-refractivity contribution >= 4 is 30.7 Å². The molecule has 2 aliphatic rings. The van der Waals surface area contributed by atoms with Gasteiger partial charge in [0.25, 0.3) is 0 Å². The number of piperidine rings is 1. The zero-order chi connectivity index (χ0) is 23.8. The highest BCUT2D eigenvalue weighted by Gasteiger charge is 2.28. The van der Waals surface area contributed by atoms with E-state index < -0.39 is 0 Å². The number of carbonyl (C=O) groups excluding carboxylic acids is 1. The molecule has 0 radical (unpaired) electrons. The van der Waals surface area contributed by atoms with E-state index in [9.17, 15) is 4.79 Å². The zero-order valence-electron chi connectivity index (χ0n) is 20.9.